The van der Waals surface area contributed by atoms with E-state index in [1.54, 1.807) is 62.3 Å². The molecule has 27 nitrogen and oxygen atoms in total. The summed E-state index contributed by atoms with van der Waals surface area (Å²) in [6.45, 7) is 14.7. The zero-order valence-corrected chi connectivity index (χ0v) is 47.4. The van der Waals surface area contributed by atoms with Crippen molar-refractivity contribution in [1.82, 2.24) is 16.0 Å². The third kappa shape index (κ3) is 15.3. The van der Waals surface area contributed by atoms with Crippen LogP contribution in [0.1, 0.15) is 96.8 Å². The minimum atomic E-state index is -1.06. The number of methoxy groups -OCH3 is 3. The van der Waals surface area contributed by atoms with E-state index in [0.29, 0.717) is 33.8 Å². The second kappa shape index (κ2) is 28.9. The largest absolute Gasteiger partial charge is 0.466 e. The molecule has 3 heterocycles. The number of nitriles is 3. The van der Waals surface area contributed by atoms with Crippen LogP contribution >= 0.6 is 0 Å². The normalized spacial score (nSPS) is 16.4. The molecule has 27 heteroatoms. The number of nitrogens with one attached hydrogen (secondary N) is 3. The molecule has 0 aromatic heterocycles. The summed E-state index contributed by atoms with van der Waals surface area (Å²) in [5.41, 5.74) is 0.752. The van der Waals surface area contributed by atoms with Crippen LogP contribution in [-0.4, -0.2) is 90.2 Å². The molecule has 6 rings (SSSR count). The summed E-state index contributed by atoms with van der Waals surface area (Å²) in [5, 5.41) is 70.2. The summed E-state index contributed by atoms with van der Waals surface area (Å²) in [5.74, 6) is -7.77. The molecule has 3 aromatic rings. The lowest BCUT2D eigenvalue weighted by Gasteiger charge is -2.29. The van der Waals surface area contributed by atoms with Crippen molar-refractivity contribution < 1.29 is 72.0 Å². The Bertz CT molecular complexity index is 3180. The molecule has 0 saturated heterocycles. The molecular weight excluding hydrogens is 1100 g/mol. The molecule has 3 N–H and O–H groups in total. The number of nitro benzene ring substituents is 3. The highest BCUT2D eigenvalue weighted by Gasteiger charge is 2.43. The molecule has 3 unspecified atom stereocenters. The molecular formula is C57H57N9O18. The van der Waals surface area contributed by atoms with Gasteiger partial charge in [0.25, 0.3) is 17.1 Å². The van der Waals surface area contributed by atoms with Gasteiger partial charge in [0.05, 0.1) is 106 Å². The van der Waals surface area contributed by atoms with E-state index < -0.39 is 86.7 Å². The first-order valence-electron chi connectivity index (χ1n) is 25.1. The van der Waals surface area contributed by atoms with Crippen molar-refractivity contribution in [2.75, 3.05) is 21.3 Å². The maximum Gasteiger partial charge on any atom is 0.337 e. The highest BCUT2D eigenvalue weighted by atomic mass is 16.6. The van der Waals surface area contributed by atoms with Gasteiger partial charge < -0.3 is 44.4 Å². The second-order valence-electron chi connectivity index (χ2n) is 18.9. The fourth-order valence-electron chi connectivity index (χ4n) is 8.84. The molecule has 3 aromatic carbocycles. The van der Waals surface area contributed by atoms with Crippen LogP contribution in [0, 0.1) is 64.3 Å². The smallest absolute Gasteiger partial charge is 0.337 e. The van der Waals surface area contributed by atoms with Gasteiger partial charge in [-0.05, 0) is 79.0 Å². The Kier molecular flexibility index (Phi) is 22.6. The van der Waals surface area contributed by atoms with Crippen LogP contribution in [0.3, 0.4) is 0 Å². The van der Waals surface area contributed by atoms with Gasteiger partial charge in [-0.2, -0.15) is 15.8 Å². The van der Waals surface area contributed by atoms with Crippen molar-refractivity contribution in [3.63, 3.8) is 0 Å². The number of allylic oxidation sites excluding steroid dienone is 6. The van der Waals surface area contributed by atoms with Crippen molar-refractivity contribution in [3.8, 4) is 18.2 Å². The van der Waals surface area contributed by atoms with Crippen LogP contribution in [0.15, 0.2) is 140 Å². The van der Waals surface area contributed by atoms with E-state index in [4.69, 9.17) is 28.4 Å². The van der Waals surface area contributed by atoms with E-state index in [1.165, 1.54) is 72.8 Å². The predicted octanol–water partition coefficient (Wildman–Crippen LogP) is 7.37. The standard InChI is InChI=1S/3C19H19N3O6/c3*1-10(2)28-19(24)15-11(3)21-14(9-20)17(18(23)27-4)16(15)12-6-5-7-13(8-12)22(25)26/h3*5-8,10,16,21H,1-4H3. The fraction of sp³-hybridized carbons (Fsp3) is 0.316. The molecule has 3 aliphatic heterocycles. The number of rotatable bonds is 15. The lowest BCUT2D eigenvalue weighted by Crippen LogP contribution is -2.33. The number of hydrogen-bond acceptors (Lipinski definition) is 24. The van der Waals surface area contributed by atoms with Gasteiger partial charge in [0.1, 0.15) is 35.3 Å². The Balaban J connectivity index is 0.000000270. The summed E-state index contributed by atoms with van der Waals surface area (Å²) in [6.07, 6.45) is -1.29. The number of benzene rings is 3. The number of nitrogens with zero attached hydrogens (tertiary/aromatic N) is 6. The van der Waals surface area contributed by atoms with Crippen LogP contribution < -0.4 is 16.0 Å². The van der Waals surface area contributed by atoms with Gasteiger partial charge in [0, 0.05) is 53.5 Å². The van der Waals surface area contributed by atoms with E-state index in [2.05, 4.69) is 16.0 Å². The number of non-ortho nitro benzene ring substituents is 3. The van der Waals surface area contributed by atoms with Crippen LogP contribution in [0.4, 0.5) is 17.1 Å². The number of carbonyl (C=O) groups is 6. The third-order valence-electron chi connectivity index (χ3n) is 12.2. The molecule has 0 fully saturated rings. The third-order valence-corrected chi connectivity index (χ3v) is 12.2. The average molecular weight is 1160 g/mol. The van der Waals surface area contributed by atoms with Gasteiger partial charge in [0.15, 0.2) is 0 Å². The topological polar surface area (TPSA) is 395 Å². The molecule has 0 bridgehead atoms. The van der Waals surface area contributed by atoms with Crippen LogP contribution in [-0.2, 0) is 57.2 Å². The monoisotopic (exact) mass is 1160 g/mol. The predicted molar refractivity (Wildman–Crippen MR) is 293 cm³/mol. The molecule has 438 valence electrons. The SMILES string of the molecule is COC(=O)C1=C(C#N)NC(C)=C(C(=O)OC(C)C)C1c1cccc([N+](=O)[O-])c1.COC(=O)C1=C(C#N)NC(C)=C(C(=O)OC(C)C)C1c1cccc([N+](=O)[O-])c1.COC(=O)C1=C(C#N)NC(C)=C(C(=O)OC(C)C)C1c1cccc([N+](=O)[O-])c1. The number of ether oxygens (including phenoxy) is 6. The number of dihydropyridines is 3. The summed E-state index contributed by atoms with van der Waals surface area (Å²) in [6, 6.07) is 22.2. The fourth-order valence-corrected chi connectivity index (χ4v) is 8.84. The molecule has 84 heavy (non-hydrogen) atoms. The van der Waals surface area contributed by atoms with Crippen molar-refractivity contribution >= 4 is 52.9 Å². The van der Waals surface area contributed by atoms with Crippen molar-refractivity contribution in [2.24, 2.45) is 0 Å². The lowest BCUT2D eigenvalue weighted by molar-refractivity contribution is -0.385. The van der Waals surface area contributed by atoms with Gasteiger partial charge in [-0.3, -0.25) is 30.3 Å². The Morgan fingerprint density at radius 3 is 0.833 bits per heavy atom. The molecule has 0 amide bonds. The first-order chi connectivity index (χ1) is 39.6. The zero-order chi connectivity index (χ0) is 63.0. The summed E-state index contributed by atoms with van der Waals surface area (Å²) in [7, 11) is 3.43. The van der Waals surface area contributed by atoms with E-state index in [0.717, 1.165) is 21.3 Å². The van der Waals surface area contributed by atoms with Crippen LogP contribution in [0.5, 0.6) is 0 Å². The van der Waals surface area contributed by atoms with Crippen LogP contribution in [0.2, 0.25) is 0 Å². The zero-order valence-electron chi connectivity index (χ0n) is 47.4. The quantitative estimate of drug-likeness (QED) is 0.0578. The average Bonchev–Trinajstić information content (AvgIpc) is 3.39. The maximum atomic E-state index is 12.8. The summed E-state index contributed by atoms with van der Waals surface area (Å²) < 4.78 is 30.3. The second-order valence-corrected chi connectivity index (χ2v) is 18.9. The Labute approximate surface area is 480 Å². The first kappa shape index (κ1) is 65.5. The number of nitro groups is 3. The molecule has 0 saturated carbocycles. The first-order valence-corrected chi connectivity index (χ1v) is 25.1. The highest BCUT2D eigenvalue weighted by Crippen LogP contribution is 2.43. The Hall–Kier alpha value is -11.0. The molecule has 3 atom stereocenters. The number of carbonyl (C=O) groups excluding carboxylic acids is 6. The Morgan fingerprint density at radius 1 is 0.429 bits per heavy atom. The summed E-state index contributed by atoms with van der Waals surface area (Å²) in [4.78, 5) is 107. The number of esters is 6. The highest BCUT2D eigenvalue weighted by molar-refractivity contribution is 6.02. The van der Waals surface area contributed by atoms with Gasteiger partial charge in [-0.25, -0.2) is 28.8 Å². The van der Waals surface area contributed by atoms with Gasteiger partial charge >= 0.3 is 35.8 Å². The maximum absolute atomic E-state index is 12.8. The minimum Gasteiger partial charge on any atom is -0.466 e. The summed E-state index contributed by atoms with van der Waals surface area (Å²) >= 11 is 0. The molecule has 0 spiro atoms. The van der Waals surface area contributed by atoms with Crippen molar-refractivity contribution in [3.05, 3.63) is 187 Å². The number of hydrogen-bond donors (Lipinski definition) is 3. The lowest BCUT2D eigenvalue weighted by atomic mass is 9.80. The minimum absolute atomic E-state index is 0.0774. The molecule has 0 radical (unpaired) electrons. The van der Waals surface area contributed by atoms with Crippen LogP contribution in [0.25, 0.3) is 0 Å². The van der Waals surface area contributed by atoms with E-state index in [1.807, 2.05) is 18.2 Å². The van der Waals surface area contributed by atoms with Gasteiger partial charge in [0.2, 0.25) is 0 Å². The van der Waals surface area contributed by atoms with Crippen molar-refractivity contribution in [1.29, 1.82) is 15.8 Å². The van der Waals surface area contributed by atoms with E-state index >= 15 is 0 Å². The molecule has 3 aliphatic rings. The van der Waals surface area contributed by atoms with Crippen molar-refractivity contribution in [2.45, 2.75) is 98.4 Å². The molecule has 0 aliphatic carbocycles. The van der Waals surface area contributed by atoms with E-state index in [9.17, 15) is 74.9 Å². The van der Waals surface area contributed by atoms with Gasteiger partial charge in [-0.15, -0.1) is 0 Å². The van der Waals surface area contributed by atoms with Gasteiger partial charge in [-0.1, -0.05) is 36.4 Å². The van der Waals surface area contributed by atoms with E-state index in [-0.39, 0.29) is 67.6 Å². The Morgan fingerprint density at radius 2 is 0.655 bits per heavy atom.